The van der Waals surface area contributed by atoms with Crippen LogP contribution in [0, 0.1) is 0 Å². The summed E-state index contributed by atoms with van der Waals surface area (Å²) in [7, 11) is 0. The van der Waals surface area contributed by atoms with E-state index in [1.165, 1.54) is 54.4 Å². The Bertz CT molecular complexity index is 2720. The molecule has 214 valence electrons. The van der Waals surface area contributed by atoms with Gasteiger partial charge in [-0.25, -0.2) is 0 Å². The Morgan fingerprint density at radius 1 is 0.326 bits per heavy atom. The van der Waals surface area contributed by atoms with E-state index in [0.29, 0.717) is 0 Å². The van der Waals surface area contributed by atoms with Gasteiger partial charge in [-0.3, -0.25) is 0 Å². The van der Waals surface area contributed by atoms with Gasteiger partial charge in [0.25, 0.3) is 0 Å². The van der Waals surface area contributed by atoms with E-state index in [9.17, 15) is 0 Å². The summed E-state index contributed by atoms with van der Waals surface area (Å²) in [4.78, 5) is 0. The summed E-state index contributed by atoms with van der Waals surface area (Å²) in [5, 5.41) is 10.6. The number of fused-ring (bicyclic) bond motifs is 8. The largest absolute Gasteiger partial charge is 0.456 e. The zero-order valence-electron chi connectivity index (χ0n) is 24.8. The van der Waals surface area contributed by atoms with Crippen molar-refractivity contribution >= 4 is 65.2 Å². The highest BCUT2D eigenvalue weighted by atomic mass is 16.3. The number of hydrogen-bond acceptors (Lipinski definition) is 2. The minimum Gasteiger partial charge on any atom is -0.456 e. The molecular formula is C44H26O2. The molecule has 8 aromatic carbocycles. The van der Waals surface area contributed by atoms with Gasteiger partial charge in [0.05, 0.1) is 0 Å². The van der Waals surface area contributed by atoms with Gasteiger partial charge in [-0.1, -0.05) is 127 Å². The minimum atomic E-state index is 0.889. The van der Waals surface area contributed by atoms with Crippen molar-refractivity contribution in [3.63, 3.8) is 0 Å². The van der Waals surface area contributed by atoms with Crippen LogP contribution in [0.1, 0.15) is 0 Å². The standard InChI is InChI=1S/C44H26O2/c1-3-15-31-27(11-1)23-24-39-43(31)44-32(20-10-22-38(44)46-39)28-13-9-14-30(25-28)41-33-16-4-6-18-35(33)42(36-19-7-5-17-34(36)41)40-26-29-12-2-8-21-37(29)45-40/h1-26H. The Balaban J connectivity index is 1.25. The van der Waals surface area contributed by atoms with Crippen molar-refractivity contribution in [3.8, 4) is 33.6 Å². The Labute approximate surface area is 264 Å². The summed E-state index contributed by atoms with van der Waals surface area (Å²) >= 11 is 0. The van der Waals surface area contributed by atoms with Gasteiger partial charge < -0.3 is 8.83 Å². The second-order valence-electron chi connectivity index (χ2n) is 12.0. The molecule has 0 bridgehead atoms. The molecule has 0 saturated heterocycles. The molecule has 0 aliphatic heterocycles. The first-order valence-electron chi connectivity index (χ1n) is 15.7. The van der Waals surface area contributed by atoms with Gasteiger partial charge in [-0.2, -0.15) is 0 Å². The zero-order valence-corrected chi connectivity index (χ0v) is 24.8. The van der Waals surface area contributed by atoms with Crippen LogP contribution in [0.4, 0.5) is 0 Å². The molecule has 0 unspecified atom stereocenters. The van der Waals surface area contributed by atoms with Crippen LogP contribution in [-0.4, -0.2) is 0 Å². The smallest absolute Gasteiger partial charge is 0.136 e. The van der Waals surface area contributed by atoms with Crippen LogP contribution < -0.4 is 0 Å². The van der Waals surface area contributed by atoms with E-state index in [4.69, 9.17) is 8.83 Å². The average Bonchev–Trinajstić information content (AvgIpc) is 3.72. The summed E-state index contributed by atoms with van der Waals surface area (Å²) < 4.78 is 12.9. The molecule has 0 spiro atoms. The fraction of sp³-hybridized carbons (Fsp3) is 0. The SMILES string of the molecule is c1cc(-c2c3ccccc3c(-c3cc4ccccc4o3)c3ccccc23)cc(-c2cccc3oc4ccc5ccccc5c4c23)c1. The van der Waals surface area contributed by atoms with Crippen molar-refractivity contribution in [1.29, 1.82) is 0 Å². The average molecular weight is 587 g/mol. The highest BCUT2D eigenvalue weighted by molar-refractivity contribution is 6.24. The third-order valence-corrected chi connectivity index (χ3v) is 9.45. The summed E-state index contributed by atoms with van der Waals surface area (Å²) in [5.41, 5.74) is 8.57. The summed E-state index contributed by atoms with van der Waals surface area (Å²) in [6.07, 6.45) is 0. The topological polar surface area (TPSA) is 26.3 Å². The van der Waals surface area contributed by atoms with Crippen molar-refractivity contribution in [1.82, 2.24) is 0 Å². The number of para-hydroxylation sites is 1. The summed E-state index contributed by atoms with van der Waals surface area (Å²) in [5.74, 6) is 0.889. The first kappa shape index (κ1) is 25.2. The zero-order chi connectivity index (χ0) is 30.2. The lowest BCUT2D eigenvalue weighted by Crippen LogP contribution is -1.90. The molecule has 10 aromatic rings. The van der Waals surface area contributed by atoms with E-state index >= 15 is 0 Å². The van der Waals surface area contributed by atoms with Gasteiger partial charge in [0.15, 0.2) is 0 Å². The van der Waals surface area contributed by atoms with Gasteiger partial charge in [0, 0.05) is 21.7 Å². The summed E-state index contributed by atoms with van der Waals surface area (Å²) in [6.45, 7) is 0. The Kier molecular flexibility index (Phi) is 5.31. The number of benzene rings is 8. The molecular weight excluding hydrogens is 560 g/mol. The van der Waals surface area contributed by atoms with Crippen molar-refractivity contribution in [2.24, 2.45) is 0 Å². The van der Waals surface area contributed by atoms with E-state index < -0.39 is 0 Å². The number of hydrogen-bond donors (Lipinski definition) is 0. The Hall–Kier alpha value is -6.12. The molecule has 2 nitrogen and oxygen atoms in total. The number of furan rings is 2. The van der Waals surface area contributed by atoms with Gasteiger partial charge in [0.1, 0.15) is 22.5 Å². The molecule has 0 aliphatic carbocycles. The molecule has 2 aromatic heterocycles. The van der Waals surface area contributed by atoms with Crippen molar-refractivity contribution < 1.29 is 8.83 Å². The lowest BCUT2D eigenvalue weighted by atomic mass is 9.86. The van der Waals surface area contributed by atoms with E-state index in [-0.39, 0.29) is 0 Å². The molecule has 2 heterocycles. The summed E-state index contributed by atoms with van der Waals surface area (Å²) in [6, 6.07) is 56.0. The van der Waals surface area contributed by atoms with Gasteiger partial charge in [0.2, 0.25) is 0 Å². The lowest BCUT2D eigenvalue weighted by molar-refractivity contribution is 0.633. The van der Waals surface area contributed by atoms with Crippen molar-refractivity contribution in [2.75, 3.05) is 0 Å². The van der Waals surface area contributed by atoms with Crippen LogP contribution >= 0.6 is 0 Å². The van der Waals surface area contributed by atoms with Gasteiger partial charge in [-0.15, -0.1) is 0 Å². The fourth-order valence-corrected chi connectivity index (χ4v) is 7.48. The normalized spacial score (nSPS) is 11.9. The molecule has 0 saturated carbocycles. The van der Waals surface area contributed by atoms with Gasteiger partial charge in [-0.05, 0) is 84.9 Å². The lowest BCUT2D eigenvalue weighted by Gasteiger charge is -2.17. The maximum Gasteiger partial charge on any atom is 0.136 e. The monoisotopic (exact) mass is 586 g/mol. The minimum absolute atomic E-state index is 0.889. The van der Waals surface area contributed by atoms with Crippen LogP contribution in [0.25, 0.3) is 98.8 Å². The van der Waals surface area contributed by atoms with E-state index in [2.05, 4.69) is 146 Å². The molecule has 0 amide bonds. The Morgan fingerprint density at radius 2 is 0.913 bits per heavy atom. The van der Waals surface area contributed by atoms with Crippen molar-refractivity contribution in [3.05, 3.63) is 158 Å². The van der Waals surface area contributed by atoms with Gasteiger partial charge >= 0.3 is 0 Å². The molecule has 0 N–H and O–H groups in total. The predicted molar refractivity (Wildman–Crippen MR) is 192 cm³/mol. The molecule has 46 heavy (non-hydrogen) atoms. The first-order chi connectivity index (χ1) is 22.8. The van der Waals surface area contributed by atoms with Crippen LogP contribution in [-0.2, 0) is 0 Å². The van der Waals surface area contributed by atoms with Crippen LogP contribution in [0.5, 0.6) is 0 Å². The van der Waals surface area contributed by atoms with Crippen LogP contribution in [0.2, 0.25) is 0 Å². The second kappa shape index (κ2) is 9.69. The molecule has 10 rings (SSSR count). The molecule has 2 heteroatoms. The van der Waals surface area contributed by atoms with E-state index in [1.807, 2.05) is 12.1 Å². The predicted octanol–water partition coefficient (Wildman–Crippen LogP) is 12.8. The molecule has 0 aliphatic rings. The third-order valence-electron chi connectivity index (χ3n) is 9.45. The first-order valence-corrected chi connectivity index (χ1v) is 15.7. The highest BCUT2D eigenvalue weighted by Gasteiger charge is 2.20. The van der Waals surface area contributed by atoms with Crippen LogP contribution in [0.3, 0.4) is 0 Å². The number of rotatable bonds is 3. The fourth-order valence-electron chi connectivity index (χ4n) is 7.48. The molecule has 0 radical (unpaired) electrons. The quantitative estimate of drug-likeness (QED) is 0.193. The van der Waals surface area contributed by atoms with E-state index in [1.54, 1.807) is 0 Å². The second-order valence-corrected chi connectivity index (χ2v) is 12.0. The third kappa shape index (κ3) is 3.65. The van der Waals surface area contributed by atoms with E-state index in [0.717, 1.165) is 44.4 Å². The Morgan fingerprint density at radius 3 is 1.67 bits per heavy atom. The maximum atomic E-state index is 6.48. The molecule has 0 atom stereocenters. The van der Waals surface area contributed by atoms with Crippen LogP contribution in [0.15, 0.2) is 167 Å². The maximum absolute atomic E-state index is 6.48. The van der Waals surface area contributed by atoms with Crippen molar-refractivity contribution in [2.45, 2.75) is 0 Å². The molecule has 0 fully saturated rings. The highest BCUT2D eigenvalue weighted by Crippen LogP contribution is 2.46.